The van der Waals surface area contributed by atoms with Gasteiger partial charge in [0, 0.05) is 21.7 Å². The van der Waals surface area contributed by atoms with Gasteiger partial charge in [-0.25, -0.2) is 18.7 Å². The number of fused-ring (bicyclic) bond motifs is 1. The Morgan fingerprint density at radius 2 is 1.45 bits per heavy atom. The molecule has 0 aliphatic heterocycles. The summed E-state index contributed by atoms with van der Waals surface area (Å²) in [7, 11) is 0. The van der Waals surface area contributed by atoms with Gasteiger partial charge in [0.1, 0.15) is 18.0 Å². The molecule has 164 valence electrons. The largest absolute Gasteiger partial charge is 0.292 e. The van der Waals surface area contributed by atoms with Crippen LogP contribution < -0.4 is 5.56 Å². The molecule has 0 atom stereocenters. The summed E-state index contributed by atoms with van der Waals surface area (Å²) in [6.45, 7) is 0. The van der Waals surface area contributed by atoms with Crippen LogP contribution in [0.5, 0.6) is 0 Å². The van der Waals surface area contributed by atoms with Crippen LogP contribution in [0.3, 0.4) is 0 Å². The maximum atomic E-state index is 13.9. The smallest absolute Gasteiger partial charge is 0.285 e. The number of rotatable bonds is 3. The molecule has 33 heavy (non-hydrogen) atoms. The van der Waals surface area contributed by atoms with Crippen molar-refractivity contribution in [3.8, 4) is 22.8 Å². The van der Waals surface area contributed by atoms with E-state index in [1.54, 1.807) is 36.4 Å². The van der Waals surface area contributed by atoms with Crippen molar-refractivity contribution in [3.63, 3.8) is 0 Å². The lowest BCUT2D eigenvalue weighted by atomic mass is 10.2. The zero-order chi connectivity index (χ0) is 23.3. The third kappa shape index (κ3) is 3.88. The quantitative estimate of drug-likeness (QED) is 0.283. The van der Waals surface area contributed by atoms with Crippen LogP contribution in [-0.4, -0.2) is 19.1 Å². The average Bonchev–Trinajstić information content (AvgIpc) is 3.18. The topological polar surface area (TPSA) is 52.7 Å². The zero-order valence-electron chi connectivity index (χ0n) is 16.4. The molecule has 5 aromatic rings. The first-order chi connectivity index (χ1) is 15.8. The van der Waals surface area contributed by atoms with Crippen molar-refractivity contribution >= 4 is 46.0 Å². The summed E-state index contributed by atoms with van der Waals surface area (Å²) < 4.78 is 30.3. The Hall–Kier alpha value is -3.26. The third-order valence-corrected chi connectivity index (χ3v) is 5.76. The van der Waals surface area contributed by atoms with Gasteiger partial charge in [-0.1, -0.05) is 34.8 Å². The van der Waals surface area contributed by atoms with Crippen molar-refractivity contribution in [2.75, 3.05) is 0 Å². The second-order valence-electron chi connectivity index (χ2n) is 7.09. The standard InChI is InChI=1S/C23H11Cl3F2N4O/c24-12-1-4-16(5-2-12)32-22(18-6-3-13(25)7-19(18)26)30-21-20(23(32)33)31(11-29-21)17-9-14(27)8-15(28)10-17/h1-11H. The molecule has 0 aliphatic rings. The molecule has 5 nitrogen and oxygen atoms in total. The predicted octanol–water partition coefficient (Wildman–Crippen LogP) is 6.48. The van der Waals surface area contributed by atoms with Crippen LogP contribution >= 0.6 is 34.8 Å². The van der Waals surface area contributed by atoms with Gasteiger partial charge >= 0.3 is 0 Å². The first-order valence-corrected chi connectivity index (χ1v) is 10.6. The Morgan fingerprint density at radius 1 is 0.788 bits per heavy atom. The summed E-state index contributed by atoms with van der Waals surface area (Å²) in [6.07, 6.45) is 1.28. The van der Waals surface area contributed by atoms with E-state index in [2.05, 4.69) is 9.97 Å². The van der Waals surface area contributed by atoms with Gasteiger partial charge in [0.2, 0.25) is 0 Å². The molecule has 0 N–H and O–H groups in total. The summed E-state index contributed by atoms with van der Waals surface area (Å²) in [5.74, 6) is -1.36. The van der Waals surface area contributed by atoms with E-state index in [0.717, 1.165) is 18.2 Å². The minimum atomic E-state index is -0.789. The number of hydrogen-bond acceptors (Lipinski definition) is 3. The Balaban J connectivity index is 1.87. The lowest BCUT2D eigenvalue weighted by Crippen LogP contribution is -2.23. The van der Waals surface area contributed by atoms with Crippen LogP contribution in [0.1, 0.15) is 0 Å². The molecule has 0 unspecified atom stereocenters. The van der Waals surface area contributed by atoms with E-state index in [1.807, 2.05) is 0 Å². The molecular weight excluding hydrogens is 493 g/mol. The molecule has 2 aromatic heterocycles. The molecular formula is C23H11Cl3F2N4O. The van der Waals surface area contributed by atoms with Crippen molar-refractivity contribution in [3.05, 3.63) is 104 Å². The van der Waals surface area contributed by atoms with Gasteiger partial charge in [-0.3, -0.25) is 13.9 Å². The van der Waals surface area contributed by atoms with Crippen LogP contribution in [0.25, 0.3) is 33.9 Å². The van der Waals surface area contributed by atoms with E-state index in [4.69, 9.17) is 34.8 Å². The lowest BCUT2D eigenvalue weighted by molar-refractivity contribution is 0.582. The normalized spacial score (nSPS) is 11.3. The highest BCUT2D eigenvalue weighted by molar-refractivity contribution is 6.36. The van der Waals surface area contributed by atoms with Crippen LogP contribution in [0.15, 0.2) is 71.8 Å². The summed E-state index contributed by atoms with van der Waals surface area (Å²) in [5.41, 5.74) is 0.582. The van der Waals surface area contributed by atoms with Crippen LogP contribution in [-0.2, 0) is 0 Å². The van der Waals surface area contributed by atoms with Gasteiger partial charge in [0.05, 0.1) is 16.4 Å². The molecule has 0 radical (unpaired) electrons. The molecule has 2 heterocycles. The Morgan fingerprint density at radius 3 is 2.12 bits per heavy atom. The fourth-order valence-electron chi connectivity index (χ4n) is 3.53. The fraction of sp³-hybridized carbons (Fsp3) is 0. The van der Waals surface area contributed by atoms with Crippen LogP contribution in [0.2, 0.25) is 15.1 Å². The van der Waals surface area contributed by atoms with E-state index in [-0.39, 0.29) is 27.7 Å². The van der Waals surface area contributed by atoms with Gasteiger partial charge in [0.25, 0.3) is 5.56 Å². The minimum absolute atomic E-state index is 0.0313. The molecule has 3 aromatic carbocycles. The van der Waals surface area contributed by atoms with Crippen molar-refractivity contribution in [2.24, 2.45) is 0 Å². The minimum Gasteiger partial charge on any atom is -0.292 e. The predicted molar refractivity (Wildman–Crippen MR) is 125 cm³/mol. The second kappa shape index (κ2) is 8.26. The summed E-state index contributed by atoms with van der Waals surface area (Å²) in [5, 5.41) is 1.18. The Bertz CT molecular complexity index is 1580. The van der Waals surface area contributed by atoms with Crippen molar-refractivity contribution < 1.29 is 8.78 Å². The number of hydrogen-bond donors (Lipinski definition) is 0. The molecule has 0 saturated heterocycles. The molecule has 10 heteroatoms. The number of imidazole rings is 1. The van der Waals surface area contributed by atoms with Crippen molar-refractivity contribution in [1.29, 1.82) is 0 Å². The molecule has 0 aliphatic carbocycles. The van der Waals surface area contributed by atoms with E-state index >= 15 is 0 Å². The number of nitrogens with zero attached hydrogens (tertiary/aromatic N) is 4. The Labute approximate surface area is 200 Å². The SMILES string of the molecule is O=c1c2c(ncn2-c2cc(F)cc(F)c2)nc(-c2ccc(Cl)cc2Cl)n1-c1ccc(Cl)cc1. The maximum Gasteiger partial charge on any atom is 0.285 e. The second-order valence-corrected chi connectivity index (χ2v) is 8.37. The first-order valence-electron chi connectivity index (χ1n) is 9.50. The molecule has 0 saturated carbocycles. The monoisotopic (exact) mass is 502 g/mol. The van der Waals surface area contributed by atoms with E-state index in [9.17, 15) is 13.6 Å². The number of aromatic nitrogens is 4. The molecule has 0 bridgehead atoms. The molecule has 0 amide bonds. The van der Waals surface area contributed by atoms with Gasteiger partial charge in [0.15, 0.2) is 17.0 Å². The summed E-state index contributed by atoms with van der Waals surface area (Å²) in [6, 6.07) is 14.3. The molecule has 5 rings (SSSR count). The molecule has 0 spiro atoms. The number of halogens is 5. The van der Waals surface area contributed by atoms with Gasteiger partial charge in [-0.15, -0.1) is 0 Å². The first kappa shape index (κ1) is 21.6. The summed E-state index contributed by atoms with van der Waals surface area (Å²) in [4.78, 5) is 22.6. The number of benzene rings is 3. The molecule has 0 fully saturated rings. The fourth-order valence-corrected chi connectivity index (χ4v) is 4.15. The van der Waals surface area contributed by atoms with Crippen LogP contribution in [0.4, 0.5) is 8.78 Å². The third-order valence-electron chi connectivity index (χ3n) is 4.96. The van der Waals surface area contributed by atoms with Gasteiger partial charge in [-0.05, 0) is 54.6 Å². The van der Waals surface area contributed by atoms with Gasteiger partial charge < -0.3 is 0 Å². The highest BCUT2D eigenvalue weighted by Gasteiger charge is 2.21. The van der Waals surface area contributed by atoms with Gasteiger partial charge in [-0.2, -0.15) is 0 Å². The zero-order valence-corrected chi connectivity index (χ0v) is 18.7. The highest BCUT2D eigenvalue weighted by Crippen LogP contribution is 2.31. The Kier molecular flexibility index (Phi) is 5.40. The van der Waals surface area contributed by atoms with Crippen molar-refractivity contribution in [1.82, 2.24) is 19.1 Å². The van der Waals surface area contributed by atoms with Crippen molar-refractivity contribution in [2.45, 2.75) is 0 Å². The van der Waals surface area contributed by atoms with E-state index in [0.29, 0.717) is 21.3 Å². The van der Waals surface area contributed by atoms with E-state index in [1.165, 1.54) is 21.5 Å². The lowest BCUT2D eigenvalue weighted by Gasteiger charge is -2.14. The summed E-state index contributed by atoms with van der Waals surface area (Å²) >= 11 is 18.5. The maximum absolute atomic E-state index is 13.9. The van der Waals surface area contributed by atoms with E-state index < -0.39 is 17.2 Å². The average molecular weight is 504 g/mol. The van der Waals surface area contributed by atoms with Crippen LogP contribution in [0, 0.1) is 11.6 Å². The highest BCUT2D eigenvalue weighted by atomic mass is 35.5.